The normalized spacial score (nSPS) is 16.2. The van der Waals surface area contributed by atoms with Crippen molar-refractivity contribution in [2.24, 2.45) is 5.92 Å². The van der Waals surface area contributed by atoms with Crippen LogP contribution in [0.25, 0.3) is 10.8 Å². The maximum atomic E-state index is 11.9. The Morgan fingerprint density at radius 2 is 1.83 bits per heavy atom. The molecule has 0 N–H and O–H groups in total. The number of hydrogen-bond acceptors (Lipinski definition) is 4. The summed E-state index contributed by atoms with van der Waals surface area (Å²) in [5.41, 5.74) is 1.31. The minimum absolute atomic E-state index is 0.0351. The molecule has 0 bridgehead atoms. The van der Waals surface area contributed by atoms with Crippen LogP contribution >= 0.6 is 0 Å². The molecule has 0 amide bonds. The lowest BCUT2D eigenvalue weighted by Gasteiger charge is -2.31. The van der Waals surface area contributed by atoms with Gasteiger partial charge in [0.1, 0.15) is 5.75 Å². The molecule has 1 aliphatic rings. The van der Waals surface area contributed by atoms with E-state index in [0.29, 0.717) is 6.61 Å². The van der Waals surface area contributed by atoms with E-state index in [-0.39, 0.29) is 11.9 Å². The first-order valence-corrected chi connectivity index (χ1v) is 8.66. The van der Waals surface area contributed by atoms with Gasteiger partial charge in [0, 0.05) is 11.9 Å². The van der Waals surface area contributed by atoms with Crippen LogP contribution in [0.5, 0.6) is 5.75 Å². The number of carbonyl (C=O) groups excluding carboxylic acids is 1. The third-order valence-corrected chi connectivity index (χ3v) is 4.80. The summed E-state index contributed by atoms with van der Waals surface area (Å²) in [7, 11) is 1.71. The van der Waals surface area contributed by atoms with E-state index in [1.54, 1.807) is 7.11 Å². The van der Waals surface area contributed by atoms with Crippen LogP contribution < -0.4 is 4.74 Å². The molecule has 2 aromatic carbocycles. The van der Waals surface area contributed by atoms with Crippen LogP contribution in [0.3, 0.4) is 0 Å². The smallest absolute Gasteiger partial charge is 0.309 e. The Balaban J connectivity index is 1.70. The highest BCUT2D eigenvalue weighted by Crippen LogP contribution is 2.30. The zero-order chi connectivity index (χ0) is 16.9. The van der Waals surface area contributed by atoms with E-state index in [9.17, 15) is 4.79 Å². The van der Waals surface area contributed by atoms with Gasteiger partial charge in [0.2, 0.25) is 0 Å². The van der Waals surface area contributed by atoms with Gasteiger partial charge < -0.3 is 9.47 Å². The molecule has 24 heavy (non-hydrogen) atoms. The average Bonchev–Trinajstić information content (AvgIpc) is 2.63. The monoisotopic (exact) mass is 327 g/mol. The number of ether oxygens (including phenoxy) is 2. The molecular weight excluding hydrogens is 302 g/mol. The molecular formula is C20H25NO3. The van der Waals surface area contributed by atoms with Crippen molar-refractivity contribution in [3.63, 3.8) is 0 Å². The van der Waals surface area contributed by atoms with Crippen molar-refractivity contribution in [3.8, 4) is 5.75 Å². The van der Waals surface area contributed by atoms with Crippen LogP contribution in [-0.2, 0) is 16.1 Å². The first kappa shape index (κ1) is 16.8. The number of fused-ring (bicyclic) bond motifs is 1. The molecule has 0 atom stereocenters. The minimum Gasteiger partial charge on any atom is -0.496 e. The fourth-order valence-electron chi connectivity index (χ4n) is 3.48. The molecule has 0 saturated carbocycles. The van der Waals surface area contributed by atoms with E-state index in [4.69, 9.17) is 9.47 Å². The van der Waals surface area contributed by atoms with Gasteiger partial charge in [0.15, 0.2) is 0 Å². The van der Waals surface area contributed by atoms with Gasteiger partial charge in [-0.15, -0.1) is 0 Å². The molecule has 0 radical (unpaired) electrons. The lowest BCUT2D eigenvalue weighted by Crippen LogP contribution is -2.36. The number of methoxy groups -OCH3 is 1. The Labute approximate surface area is 143 Å². The highest BCUT2D eigenvalue weighted by molar-refractivity contribution is 5.91. The molecule has 2 aromatic rings. The zero-order valence-electron chi connectivity index (χ0n) is 14.5. The summed E-state index contributed by atoms with van der Waals surface area (Å²) in [6.07, 6.45) is 1.76. The van der Waals surface area contributed by atoms with Crippen molar-refractivity contribution in [1.29, 1.82) is 0 Å². The van der Waals surface area contributed by atoms with Crippen LogP contribution in [-0.4, -0.2) is 37.7 Å². The fourth-order valence-corrected chi connectivity index (χ4v) is 3.48. The Hall–Kier alpha value is -2.07. The summed E-state index contributed by atoms with van der Waals surface area (Å²) < 4.78 is 10.6. The summed E-state index contributed by atoms with van der Waals surface area (Å²) >= 11 is 0. The Kier molecular flexibility index (Phi) is 5.36. The van der Waals surface area contributed by atoms with E-state index in [0.717, 1.165) is 43.6 Å². The number of esters is 1. The molecule has 1 heterocycles. The second kappa shape index (κ2) is 7.67. The van der Waals surface area contributed by atoms with Crippen molar-refractivity contribution in [2.45, 2.75) is 26.3 Å². The average molecular weight is 327 g/mol. The number of nitrogens with zero attached hydrogens (tertiary/aromatic N) is 1. The third kappa shape index (κ3) is 3.54. The lowest BCUT2D eigenvalue weighted by molar-refractivity contribution is -0.149. The maximum absolute atomic E-state index is 11.9. The van der Waals surface area contributed by atoms with Crippen molar-refractivity contribution >= 4 is 16.7 Å². The van der Waals surface area contributed by atoms with E-state index in [1.165, 1.54) is 10.9 Å². The topological polar surface area (TPSA) is 38.8 Å². The standard InChI is InChI=1S/C20H25NO3/c1-3-24-20(22)15-10-12-21(13-11-15)14-16-8-9-19(23-2)18-7-5-4-6-17(16)18/h4-9,15H,3,10-14H2,1-2H3. The Morgan fingerprint density at radius 1 is 1.12 bits per heavy atom. The van der Waals surface area contributed by atoms with Crippen molar-refractivity contribution in [3.05, 3.63) is 42.0 Å². The van der Waals surface area contributed by atoms with Gasteiger partial charge in [-0.3, -0.25) is 9.69 Å². The predicted octanol–water partition coefficient (Wildman–Crippen LogP) is 3.62. The van der Waals surface area contributed by atoms with Crippen LogP contribution in [0.2, 0.25) is 0 Å². The number of benzene rings is 2. The van der Waals surface area contributed by atoms with Crippen LogP contribution in [0.15, 0.2) is 36.4 Å². The third-order valence-electron chi connectivity index (χ3n) is 4.80. The Morgan fingerprint density at radius 3 is 2.50 bits per heavy atom. The lowest BCUT2D eigenvalue weighted by atomic mass is 9.96. The molecule has 0 unspecified atom stereocenters. The minimum atomic E-state index is -0.0351. The van der Waals surface area contributed by atoms with Crippen LogP contribution in [0.1, 0.15) is 25.3 Å². The van der Waals surface area contributed by atoms with Crippen molar-refractivity contribution in [1.82, 2.24) is 4.90 Å². The first-order valence-electron chi connectivity index (χ1n) is 8.66. The molecule has 1 aliphatic heterocycles. The number of piperidine rings is 1. The highest BCUT2D eigenvalue weighted by Gasteiger charge is 2.26. The summed E-state index contributed by atoms with van der Waals surface area (Å²) in [5, 5.41) is 2.39. The Bertz CT molecular complexity index is 705. The van der Waals surface area contributed by atoms with Gasteiger partial charge in [-0.2, -0.15) is 0 Å². The van der Waals surface area contributed by atoms with E-state index < -0.39 is 0 Å². The summed E-state index contributed by atoms with van der Waals surface area (Å²) in [4.78, 5) is 14.3. The van der Waals surface area contributed by atoms with Crippen molar-refractivity contribution in [2.75, 3.05) is 26.8 Å². The molecule has 4 heteroatoms. The van der Waals surface area contributed by atoms with Gasteiger partial charge in [-0.05, 0) is 49.9 Å². The van der Waals surface area contributed by atoms with Gasteiger partial charge in [-0.25, -0.2) is 0 Å². The van der Waals surface area contributed by atoms with E-state index >= 15 is 0 Å². The van der Waals surface area contributed by atoms with E-state index in [1.807, 2.05) is 19.1 Å². The second-order valence-electron chi connectivity index (χ2n) is 6.28. The quantitative estimate of drug-likeness (QED) is 0.786. The molecule has 1 saturated heterocycles. The number of hydrogen-bond donors (Lipinski definition) is 0. The molecule has 4 nitrogen and oxygen atoms in total. The van der Waals surface area contributed by atoms with Gasteiger partial charge >= 0.3 is 5.97 Å². The van der Waals surface area contributed by atoms with Gasteiger partial charge in [0.25, 0.3) is 0 Å². The van der Waals surface area contributed by atoms with E-state index in [2.05, 4.69) is 29.2 Å². The largest absolute Gasteiger partial charge is 0.496 e. The van der Waals surface area contributed by atoms with Crippen LogP contribution in [0.4, 0.5) is 0 Å². The molecule has 128 valence electrons. The van der Waals surface area contributed by atoms with Gasteiger partial charge in [0.05, 0.1) is 19.6 Å². The fraction of sp³-hybridized carbons (Fsp3) is 0.450. The summed E-state index contributed by atoms with van der Waals surface area (Å²) in [6.45, 7) is 5.10. The van der Waals surface area contributed by atoms with Crippen molar-refractivity contribution < 1.29 is 14.3 Å². The SMILES string of the molecule is CCOC(=O)C1CCN(Cc2ccc(OC)c3ccccc23)CC1. The van der Waals surface area contributed by atoms with Crippen LogP contribution in [0, 0.1) is 5.92 Å². The number of likely N-dealkylation sites (tertiary alicyclic amines) is 1. The molecule has 0 aliphatic carbocycles. The number of carbonyl (C=O) groups is 1. The first-order chi connectivity index (χ1) is 11.7. The summed E-state index contributed by atoms with van der Waals surface area (Å²) in [6, 6.07) is 12.6. The second-order valence-corrected chi connectivity index (χ2v) is 6.28. The highest BCUT2D eigenvalue weighted by atomic mass is 16.5. The number of rotatable bonds is 5. The van der Waals surface area contributed by atoms with Gasteiger partial charge in [-0.1, -0.05) is 30.3 Å². The summed E-state index contributed by atoms with van der Waals surface area (Å²) in [5.74, 6) is 0.941. The zero-order valence-corrected chi connectivity index (χ0v) is 14.5. The molecule has 0 spiro atoms. The maximum Gasteiger partial charge on any atom is 0.309 e. The predicted molar refractivity (Wildman–Crippen MR) is 95.1 cm³/mol. The molecule has 3 rings (SSSR count). The molecule has 1 fully saturated rings. The molecule has 0 aromatic heterocycles.